The quantitative estimate of drug-likeness (QED) is 0.711. The molecule has 1 fully saturated rings. The van der Waals surface area contributed by atoms with Crippen molar-refractivity contribution >= 4 is 5.91 Å². The number of benzene rings is 2. The van der Waals surface area contributed by atoms with Crippen LogP contribution in [0.15, 0.2) is 54.6 Å². The van der Waals surface area contributed by atoms with Gasteiger partial charge in [-0.25, -0.2) is 0 Å². The second-order valence-corrected chi connectivity index (χ2v) is 6.84. The molecule has 1 heterocycles. The number of unbranched alkanes of at least 4 members (excludes halogenated alkanes) is 1. The summed E-state index contributed by atoms with van der Waals surface area (Å²) in [6.45, 7) is 3.23. The SMILES string of the molecule is Cc1ccccc1CCCCC(=O)N1COCC1Cc1ccccc1. The van der Waals surface area contributed by atoms with E-state index in [0.717, 1.165) is 25.7 Å². The lowest BCUT2D eigenvalue weighted by molar-refractivity contribution is -0.133. The van der Waals surface area contributed by atoms with Gasteiger partial charge in [-0.2, -0.15) is 0 Å². The zero-order valence-corrected chi connectivity index (χ0v) is 15.0. The van der Waals surface area contributed by atoms with Gasteiger partial charge < -0.3 is 9.64 Å². The Balaban J connectivity index is 1.45. The van der Waals surface area contributed by atoms with E-state index in [1.807, 2.05) is 23.1 Å². The van der Waals surface area contributed by atoms with Gasteiger partial charge in [-0.15, -0.1) is 0 Å². The molecule has 1 amide bonds. The first-order valence-electron chi connectivity index (χ1n) is 9.19. The number of rotatable bonds is 7. The Morgan fingerprint density at radius 1 is 1.08 bits per heavy atom. The van der Waals surface area contributed by atoms with Crippen LogP contribution in [0.2, 0.25) is 0 Å². The Morgan fingerprint density at radius 3 is 2.64 bits per heavy atom. The molecule has 1 aliphatic rings. The summed E-state index contributed by atoms with van der Waals surface area (Å²) in [5.41, 5.74) is 3.99. The first kappa shape index (κ1) is 17.7. The fraction of sp³-hybridized carbons (Fsp3) is 0.409. The third kappa shape index (κ3) is 4.93. The first-order valence-corrected chi connectivity index (χ1v) is 9.19. The Hall–Kier alpha value is -2.13. The fourth-order valence-corrected chi connectivity index (χ4v) is 3.44. The average Bonchev–Trinajstić information content (AvgIpc) is 3.09. The minimum Gasteiger partial charge on any atom is -0.359 e. The van der Waals surface area contributed by atoms with E-state index in [2.05, 4.69) is 43.3 Å². The predicted molar refractivity (Wildman–Crippen MR) is 100 cm³/mol. The molecule has 25 heavy (non-hydrogen) atoms. The van der Waals surface area contributed by atoms with Crippen LogP contribution >= 0.6 is 0 Å². The average molecular weight is 337 g/mol. The minimum absolute atomic E-state index is 0.172. The van der Waals surface area contributed by atoms with Crippen molar-refractivity contribution in [3.05, 3.63) is 71.3 Å². The molecule has 132 valence electrons. The van der Waals surface area contributed by atoms with Crippen LogP contribution in [0.5, 0.6) is 0 Å². The summed E-state index contributed by atoms with van der Waals surface area (Å²) in [7, 11) is 0. The van der Waals surface area contributed by atoms with Crippen LogP contribution in [0.25, 0.3) is 0 Å². The summed E-state index contributed by atoms with van der Waals surface area (Å²) in [5, 5.41) is 0. The van der Waals surface area contributed by atoms with Gasteiger partial charge in [-0.05, 0) is 49.3 Å². The van der Waals surface area contributed by atoms with Crippen molar-refractivity contribution in [1.82, 2.24) is 4.90 Å². The molecule has 0 N–H and O–H groups in total. The lowest BCUT2D eigenvalue weighted by Gasteiger charge is -2.22. The number of nitrogens with zero attached hydrogens (tertiary/aromatic N) is 1. The second kappa shape index (κ2) is 8.82. The summed E-state index contributed by atoms with van der Waals surface area (Å²) >= 11 is 0. The highest BCUT2D eigenvalue weighted by atomic mass is 16.5. The van der Waals surface area contributed by atoms with E-state index in [0.29, 0.717) is 19.8 Å². The van der Waals surface area contributed by atoms with Crippen molar-refractivity contribution in [1.29, 1.82) is 0 Å². The van der Waals surface area contributed by atoms with Crippen molar-refractivity contribution in [3.8, 4) is 0 Å². The van der Waals surface area contributed by atoms with Crippen molar-refractivity contribution in [3.63, 3.8) is 0 Å². The largest absolute Gasteiger partial charge is 0.359 e. The summed E-state index contributed by atoms with van der Waals surface area (Å²) < 4.78 is 5.56. The predicted octanol–water partition coefficient (Wildman–Crippen LogP) is 4.14. The molecule has 0 aromatic heterocycles. The molecular weight excluding hydrogens is 310 g/mol. The van der Waals surface area contributed by atoms with Gasteiger partial charge in [0.15, 0.2) is 0 Å². The Morgan fingerprint density at radius 2 is 1.84 bits per heavy atom. The molecule has 1 atom stereocenters. The highest BCUT2D eigenvalue weighted by Gasteiger charge is 2.29. The topological polar surface area (TPSA) is 29.5 Å². The zero-order valence-electron chi connectivity index (χ0n) is 15.0. The number of aryl methyl sites for hydroxylation is 2. The van der Waals surface area contributed by atoms with Gasteiger partial charge >= 0.3 is 0 Å². The van der Waals surface area contributed by atoms with E-state index in [9.17, 15) is 4.79 Å². The molecule has 1 aliphatic heterocycles. The molecule has 1 saturated heterocycles. The maximum absolute atomic E-state index is 12.6. The van der Waals surface area contributed by atoms with Crippen molar-refractivity contribution in [2.24, 2.45) is 0 Å². The molecule has 0 saturated carbocycles. The standard InChI is InChI=1S/C22H27NO2/c1-18-9-5-6-12-20(18)13-7-8-14-22(24)23-17-25-16-21(23)15-19-10-3-2-4-11-19/h2-6,9-12,21H,7-8,13-17H2,1H3. The third-order valence-corrected chi connectivity index (χ3v) is 4.96. The number of ether oxygens (including phenoxy) is 1. The van der Waals surface area contributed by atoms with Gasteiger partial charge in [0.2, 0.25) is 5.91 Å². The summed E-state index contributed by atoms with van der Waals surface area (Å²) in [5.74, 6) is 0.225. The molecule has 1 unspecified atom stereocenters. The van der Waals surface area contributed by atoms with Crippen molar-refractivity contribution < 1.29 is 9.53 Å². The van der Waals surface area contributed by atoms with E-state index in [1.54, 1.807) is 0 Å². The highest BCUT2D eigenvalue weighted by molar-refractivity contribution is 5.76. The monoisotopic (exact) mass is 337 g/mol. The normalized spacial score (nSPS) is 17.0. The highest BCUT2D eigenvalue weighted by Crippen LogP contribution is 2.18. The third-order valence-electron chi connectivity index (χ3n) is 4.96. The first-order chi connectivity index (χ1) is 12.2. The fourth-order valence-electron chi connectivity index (χ4n) is 3.44. The second-order valence-electron chi connectivity index (χ2n) is 6.84. The molecule has 0 aliphatic carbocycles. The molecule has 2 aromatic rings. The van der Waals surface area contributed by atoms with Crippen LogP contribution in [0, 0.1) is 6.92 Å². The minimum atomic E-state index is 0.172. The van der Waals surface area contributed by atoms with Gasteiger partial charge in [-0.1, -0.05) is 54.6 Å². The van der Waals surface area contributed by atoms with Crippen molar-refractivity contribution in [2.75, 3.05) is 13.3 Å². The molecular formula is C22H27NO2. The molecule has 3 rings (SSSR count). The number of carbonyl (C=O) groups is 1. The van der Waals surface area contributed by atoms with E-state index >= 15 is 0 Å². The molecule has 2 aromatic carbocycles. The molecule has 3 heteroatoms. The Labute approximate surface area is 150 Å². The van der Waals surface area contributed by atoms with Gasteiger partial charge in [-0.3, -0.25) is 4.79 Å². The van der Waals surface area contributed by atoms with Gasteiger partial charge in [0, 0.05) is 6.42 Å². The Kier molecular flexibility index (Phi) is 6.24. The van der Waals surface area contributed by atoms with E-state index in [1.165, 1.54) is 16.7 Å². The van der Waals surface area contributed by atoms with Gasteiger partial charge in [0.1, 0.15) is 6.73 Å². The summed E-state index contributed by atoms with van der Waals surface area (Å²) in [6, 6.07) is 19.0. The lowest BCUT2D eigenvalue weighted by atomic mass is 10.0. The molecule has 3 nitrogen and oxygen atoms in total. The number of amides is 1. The van der Waals surface area contributed by atoms with Crippen LogP contribution in [0.4, 0.5) is 0 Å². The number of carbonyl (C=O) groups excluding carboxylic acids is 1. The molecule has 0 spiro atoms. The van der Waals surface area contributed by atoms with E-state index in [4.69, 9.17) is 4.74 Å². The number of hydrogen-bond acceptors (Lipinski definition) is 2. The van der Waals surface area contributed by atoms with Crippen LogP contribution < -0.4 is 0 Å². The molecule has 0 bridgehead atoms. The number of hydrogen-bond donors (Lipinski definition) is 0. The van der Waals surface area contributed by atoms with Crippen LogP contribution in [0.3, 0.4) is 0 Å². The van der Waals surface area contributed by atoms with Gasteiger partial charge in [0.05, 0.1) is 12.6 Å². The van der Waals surface area contributed by atoms with E-state index < -0.39 is 0 Å². The van der Waals surface area contributed by atoms with Crippen LogP contribution in [0.1, 0.15) is 36.0 Å². The maximum Gasteiger partial charge on any atom is 0.224 e. The zero-order chi connectivity index (χ0) is 17.5. The maximum atomic E-state index is 12.6. The van der Waals surface area contributed by atoms with Crippen LogP contribution in [-0.2, 0) is 22.4 Å². The van der Waals surface area contributed by atoms with Gasteiger partial charge in [0.25, 0.3) is 0 Å². The van der Waals surface area contributed by atoms with E-state index in [-0.39, 0.29) is 11.9 Å². The van der Waals surface area contributed by atoms with Crippen molar-refractivity contribution in [2.45, 2.75) is 45.1 Å². The van der Waals surface area contributed by atoms with Crippen LogP contribution in [-0.4, -0.2) is 30.2 Å². The summed E-state index contributed by atoms with van der Waals surface area (Å²) in [6.07, 6.45) is 4.51. The Bertz CT molecular complexity index is 683. The smallest absolute Gasteiger partial charge is 0.224 e. The molecule has 0 radical (unpaired) electrons. The summed E-state index contributed by atoms with van der Waals surface area (Å²) in [4.78, 5) is 14.5. The lowest BCUT2D eigenvalue weighted by Crippen LogP contribution is -2.37.